The molecule has 0 bridgehead atoms. The molecule has 0 aromatic heterocycles. The molecule has 1 aromatic carbocycles. The smallest absolute Gasteiger partial charge is 0.0529 e. The van der Waals surface area contributed by atoms with Crippen LogP contribution in [0.25, 0.3) is 0 Å². The molecular weight excluding hydrogens is 220 g/mol. The summed E-state index contributed by atoms with van der Waals surface area (Å²) >= 11 is 0. The summed E-state index contributed by atoms with van der Waals surface area (Å²) in [7, 11) is -2.60. The van der Waals surface area contributed by atoms with Crippen LogP contribution in [-0.4, -0.2) is 18.0 Å². The van der Waals surface area contributed by atoms with Crippen LogP contribution >= 0.6 is 0 Å². The van der Waals surface area contributed by atoms with Crippen molar-refractivity contribution >= 4 is 18.9 Å². The van der Waals surface area contributed by atoms with E-state index < -0.39 is 24.6 Å². The minimum Gasteiger partial charge on any atom is -0.254 e. The molecule has 3 atom stereocenters. The molecule has 0 fully saturated rings. The molecule has 0 N–H and O–H groups in total. The van der Waals surface area contributed by atoms with Crippen LogP contribution in [0.1, 0.15) is 8.29 Å². The fraction of sp³-hybridized carbons (Fsp3) is 0.500. The Kier molecular flexibility index (Phi) is 3.75. The van der Waals surface area contributed by atoms with Crippen LogP contribution in [-0.2, 0) is 10.8 Å². The monoisotopic (exact) mass is 241 g/mol. The van der Waals surface area contributed by atoms with E-state index in [1.165, 1.54) is 0 Å². The summed E-state index contributed by atoms with van der Waals surface area (Å²) in [6.07, 6.45) is 0. The third kappa shape index (κ3) is 3.91. The van der Waals surface area contributed by atoms with Crippen molar-refractivity contribution in [1.82, 2.24) is 0 Å². The first-order chi connectivity index (χ1) is 7.34. The van der Waals surface area contributed by atoms with Gasteiger partial charge in [0.25, 0.3) is 0 Å². The Morgan fingerprint density at radius 1 is 1.33 bits per heavy atom. The zero-order chi connectivity index (χ0) is 12.3. The van der Waals surface area contributed by atoms with Gasteiger partial charge in [0, 0.05) is 20.1 Å². The zero-order valence-corrected chi connectivity index (χ0v) is 11.7. The molecule has 0 spiro atoms. The summed E-state index contributed by atoms with van der Waals surface area (Å²) in [6.45, 7) is 8.73. The minimum absolute atomic E-state index is 0.230. The molecule has 0 heterocycles. The van der Waals surface area contributed by atoms with Crippen molar-refractivity contribution in [2.75, 3.05) is 5.73 Å². The average Bonchev–Trinajstić information content (AvgIpc) is 2.26. The molecule has 0 aliphatic heterocycles. The van der Waals surface area contributed by atoms with Gasteiger partial charge in [0.1, 0.15) is 0 Å². The SMILES string of the molecule is [2H][C@H]([C@H](C)[Si](C)(C)C)S(=O)c1ccccc1. The molecule has 0 saturated heterocycles. The number of hydrogen-bond acceptors (Lipinski definition) is 1. The first-order valence-corrected chi connectivity index (χ1v) is 10.0. The molecule has 0 saturated carbocycles. The normalized spacial score (nSPS) is 19.1. The van der Waals surface area contributed by atoms with E-state index in [1.807, 2.05) is 30.3 Å². The molecule has 1 rings (SSSR count). The van der Waals surface area contributed by atoms with Gasteiger partial charge in [0.2, 0.25) is 0 Å². The van der Waals surface area contributed by atoms with Crippen molar-refractivity contribution in [3.8, 4) is 0 Å². The molecule has 3 heteroatoms. The van der Waals surface area contributed by atoms with Gasteiger partial charge in [0.05, 0.1) is 10.8 Å². The van der Waals surface area contributed by atoms with Crippen LogP contribution in [0.5, 0.6) is 0 Å². The highest BCUT2D eigenvalue weighted by Crippen LogP contribution is 2.23. The second-order valence-corrected chi connectivity index (χ2v) is 11.9. The summed E-state index contributed by atoms with van der Waals surface area (Å²) in [5, 5.41) is 0. The topological polar surface area (TPSA) is 17.1 Å². The van der Waals surface area contributed by atoms with Crippen molar-refractivity contribution in [3.63, 3.8) is 0 Å². The van der Waals surface area contributed by atoms with E-state index >= 15 is 0 Å². The molecule has 0 radical (unpaired) electrons. The van der Waals surface area contributed by atoms with E-state index in [4.69, 9.17) is 1.37 Å². The van der Waals surface area contributed by atoms with Crippen LogP contribution in [0.2, 0.25) is 25.2 Å². The molecule has 1 nitrogen and oxygen atoms in total. The molecule has 0 aliphatic rings. The van der Waals surface area contributed by atoms with Crippen molar-refractivity contribution < 1.29 is 5.58 Å². The minimum atomic E-state index is -1.40. The quantitative estimate of drug-likeness (QED) is 0.737. The van der Waals surface area contributed by atoms with Gasteiger partial charge in [-0.05, 0) is 17.7 Å². The Hall–Kier alpha value is -0.413. The van der Waals surface area contributed by atoms with Gasteiger partial charge in [-0.15, -0.1) is 0 Å². The van der Waals surface area contributed by atoms with Gasteiger partial charge < -0.3 is 0 Å². The first-order valence-electron chi connectivity index (χ1n) is 5.79. The van der Waals surface area contributed by atoms with Gasteiger partial charge >= 0.3 is 0 Å². The van der Waals surface area contributed by atoms with E-state index in [1.54, 1.807) is 0 Å². The van der Waals surface area contributed by atoms with E-state index in [0.717, 1.165) is 4.90 Å². The standard InChI is InChI=1S/C12H20OSSi/c1-11(15(2,3)4)10-14(13)12-8-6-5-7-9-12/h5-9,11H,10H2,1-4H3/t11-,14?/m0/s1/i10D/t10-,11+,14?/m1. The van der Waals surface area contributed by atoms with E-state index in [2.05, 4.69) is 26.6 Å². The highest BCUT2D eigenvalue weighted by molar-refractivity contribution is 7.85. The van der Waals surface area contributed by atoms with Gasteiger partial charge in [-0.3, -0.25) is 4.21 Å². The molecule has 0 aliphatic carbocycles. The molecule has 84 valence electrons. The predicted molar refractivity (Wildman–Crippen MR) is 70.5 cm³/mol. The lowest BCUT2D eigenvalue weighted by Gasteiger charge is -2.24. The summed E-state index contributed by atoms with van der Waals surface area (Å²) < 4.78 is 20.3. The van der Waals surface area contributed by atoms with Crippen LogP contribution in [0.15, 0.2) is 35.2 Å². The van der Waals surface area contributed by atoms with Gasteiger partial charge in [-0.25, -0.2) is 0 Å². The summed E-state index contributed by atoms with van der Waals surface area (Å²) in [4.78, 5) is 0.771. The van der Waals surface area contributed by atoms with E-state index in [0.29, 0.717) is 0 Å². The average molecular weight is 241 g/mol. The van der Waals surface area contributed by atoms with Crippen molar-refractivity contribution in [3.05, 3.63) is 30.3 Å². The van der Waals surface area contributed by atoms with Crippen LogP contribution in [0.4, 0.5) is 0 Å². The number of hydrogen-bond donors (Lipinski definition) is 0. The van der Waals surface area contributed by atoms with Gasteiger partial charge in [-0.2, -0.15) is 0 Å². The Bertz CT molecular complexity index is 361. The first kappa shape index (κ1) is 11.1. The Labute approximate surface area is 97.8 Å². The summed E-state index contributed by atoms with van der Waals surface area (Å²) in [6, 6.07) is 9.34. The summed E-state index contributed by atoms with van der Waals surface area (Å²) in [5.74, 6) is 0. The third-order valence-electron chi connectivity index (χ3n) is 2.67. The maximum atomic E-state index is 12.2. The van der Waals surface area contributed by atoms with Crippen molar-refractivity contribution in [1.29, 1.82) is 0 Å². The lowest BCUT2D eigenvalue weighted by atomic mass is 10.4. The second-order valence-electron chi connectivity index (χ2n) is 4.90. The van der Waals surface area contributed by atoms with Gasteiger partial charge in [-0.1, -0.05) is 44.8 Å². The maximum Gasteiger partial charge on any atom is 0.0529 e. The molecular formula is C12H20OSSi. The molecule has 1 unspecified atom stereocenters. The van der Waals surface area contributed by atoms with Crippen molar-refractivity contribution in [2.24, 2.45) is 0 Å². The number of benzene rings is 1. The van der Waals surface area contributed by atoms with E-state index in [9.17, 15) is 4.21 Å². The van der Waals surface area contributed by atoms with E-state index in [-0.39, 0.29) is 5.54 Å². The Balaban J connectivity index is 2.84. The second kappa shape index (κ2) is 5.08. The van der Waals surface area contributed by atoms with Crippen LogP contribution in [0, 0.1) is 0 Å². The third-order valence-corrected chi connectivity index (χ3v) is 7.20. The van der Waals surface area contributed by atoms with Gasteiger partial charge in [0.15, 0.2) is 0 Å². The molecule has 15 heavy (non-hydrogen) atoms. The highest BCUT2D eigenvalue weighted by Gasteiger charge is 2.24. The highest BCUT2D eigenvalue weighted by atomic mass is 32.2. The molecule has 0 amide bonds. The fourth-order valence-electron chi connectivity index (χ4n) is 1.02. The largest absolute Gasteiger partial charge is 0.254 e. The fourth-order valence-corrected chi connectivity index (χ4v) is 3.98. The maximum absolute atomic E-state index is 12.2. The predicted octanol–water partition coefficient (Wildman–Crippen LogP) is 3.52. The zero-order valence-electron chi connectivity index (χ0n) is 10.9. The lowest BCUT2D eigenvalue weighted by Crippen LogP contribution is -2.29. The Morgan fingerprint density at radius 2 is 1.87 bits per heavy atom. The summed E-state index contributed by atoms with van der Waals surface area (Å²) in [5.41, 5.74) is -0.275. The van der Waals surface area contributed by atoms with Crippen molar-refractivity contribution in [2.45, 2.75) is 37.0 Å². The van der Waals surface area contributed by atoms with Crippen LogP contribution in [0.3, 0.4) is 0 Å². The number of rotatable bonds is 4. The lowest BCUT2D eigenvalue weighted by molar-refractivity contribution is 0.681. The molecule has 1 aromatic rings. The Morgan fingerprint density at radius 3 is 2.33 bits per heavy atom. The van der Waals surface area contributed by atoms with Crippen LogP contribution < -0.4 is 0 Å².